The Kier molecular flexibility index (Phi) is 4.81. The SMILES string of the molecule is CCCOc1cccc(OCCC)c1N. The van der Waals surface area contributed by atoms with Crippen LogP contribution < -0.4 is 15.2 Å². The van der Waals surface area contributed by atoms with E-state index in [9.17, 15) is 0 Å². The van der Waals surface area contributed by atoms with Gasteiger partial charge in [0, 0.05) is 0 Å². The van der Waals surface area contributed by atoms with Crippen LogP contribution in [0.5, 0.6) is 11.5 Å². The van der Waals surface area contributed by atoms with Crippen molar-refractivity contribution in [2.45, 2.75) is 26.7 Å². The lowest BCUT2D eigenvalue weighted by atomic mass is 10.2. The van der Waals surface area contributed by atoms with Crippen molar-refractivity contribution in [2.24, 2.45) is 0 Å². The van der Waals surface area contributed by atoms with Gasteiger partial charge in [-0.1, -0.05) is 19.9 Å². The molecule has 0 fully saturated rings. The van der Waals surface area contributed by atoms with Gasteiger partial charge in [-0.2, -0.15) is 0 Å². The van der Waals surface area contributed by atoms with Gasteiger partial charge in [0.1, 0.15) is 17.2 Å². The Hall–Kier alpha value is -1.38. The van der Waals surface area contributed by atoms with Crippen LogP contribution >= 0.6 is 0 Å². The number of nitrogens with two attached hydrogens (primary N) is 1. The summed E-state index contributed by atoms with van der Waals surface area (Å²) in [5, 5.41) is 0. The molecule has 2 N–H and O–H groups in total. The largest absolute Gasteiger partial charge is 0.491 e. The van der Waals surface area contributed by atoms with Crippen molar-refractivity contribution in [3.05, 3.63) is 18.2 Å². The number of rotatable bonds is 6. The fourth-order valence-electron chi connectivity index (χ4n) is 1.20. The Bertz CT molecular complexity index is 273. The first-order valence-corrected chi connectivity index (χ1v) is 5.43. The molecule has 15 heavy (non-hydrogen) atoms. The minimum absolute atomic E-state index is 0.597. The molecular formula is C12H19NO2. The maximum absolute atomic E-state index is 5.91. The number of benzene rings is 1. The van der Waals surface area contributed by atoms with Crippen molar-refractivity contribution in [1.29, 1.82) is 0 Å². The molecule has 0 amide bonds. The lowest BCUT2D eigenvalue weighted by Gasteiger charge is -2.12. The zero-order valence-corrected chi connectivity index (χ0v) is 9.45. The fourth-order valence-corrected chi connectivity index (χ4v) is 1.20. The molecule has 0 bridgehead atoms. The third kappa shape index (κ3) is 3.35. The van der Waals surface area contributed by atoms with E-state index < -0.39 is 0 Å². The summed E-state index contributed by atoms with van der Waals surface area (Å²) < 4.78 is 11.0. The highest BCUT2D eigenvalue weighted by atomic mass is 16.5. The minimum Gasteiger partial charge on any atom is -0.491 e. The highest BCUT2D eigenvalue weighted by Gasteiger charge is 2.06. The van der Waals surface area contributed by atoms with Crippen LogP contribution in [0, 0.1) is 0 Å². The van der Waals surface area contributed by atoms with Crippen molar-refractivity contribution in [2.75, 3.05) is 18.9 Å². The molecule has 0 unspecified atom stereocenters. The number of anilines is 1. The van der Waals surface area contributed by atoms with E-state index in [1.54, 1.807) is 0 Å². The fraction of sp³-hybridized carbons (Fsp3) is 0.500. The van der Waals surface area contributed by atoms with Crippen molar-refractivity contribution in [3.8, 4) is 11.5 Å². The smallest absolute Gasteiger partial charge is 0.146 e. The monoisotopic (exact) mass is 209 g/mol. The average Bonchev–Trinajstić information content (AvgIpc) is 2.26. The third-order valence-electron chi connectivity index (χ3n) is 1.95. The van der Waals surface area contributed by atoms with E-state index in [0.29, 0.717) is 30.4 Å². The van der Waals surface area contributed by atoms with Crippen LogP contribution in [0.4, 0.5) is 5.69 Å². The van der Waals surface area contributed by atoms with Gasteiger partial charge < -0.3 is 15.2 Å². The molecule has 0 aliphatic carbocycles. The van der Waals surface area contributed by atoms with Crippen LogP contribution in [-0.4, -0.2) is 13.2 Å². The summed E-state index contributed by atoms with van der Waals surface area (Å²) >= 11 is 0. The van der Waals surface area contributed by atoms with Crippen LogP contribution in [-0.2, 0) is 0 Å². The molecule has 1 aromatic rings. The number of para-hydroxylation sites is 1. The summed E-state index contributed by atoms with van der Waals surface area (Å²) in [4.78, 5) is 0. The Morgan fingerprint density at radius 3 is 1.87 bits per heavy atom. The second-order valence-electron chi connectivity index (χ2n) is 3.36. The zero-order valence-electron chi connectivity index (χ0n) is 9.45. The predicted octanol–water partition coefficient (Wildman–Crippen LogP) is 2.85. The lowest BCUT2D eigenvalue weighted by molar-refractivity contribution is 0.305. The number of nitrogen functional groups attached to an aromatic ring is 1. The first-order chi connectivity index (χ1) is 7.29. The van der Waals surface area contributed by atoms with E-state index in [1.807, 2.05) is 18.2 Å². The van der Waals surface area contributed by atoms with E-state index in [-0.39, 0.29) is 0 Å². The van der Waals surface area contributed by atoms with Crippen molar-refractivity contribution in [3.63, 3.8) is 0 Å². The van der Waals surface area contributed by atoms with Gasteiger partial charge in [0.2, 0.25) is 0 Å². The zero-order chi connectivity index (χ0) is 11.1. The molecule has 0 aliphatic rings. The molecule has 0 saturated heterocycles. The van der Waals surface area contributed by atoms with E-state index in [4.69, 9.17) is 15.2 Å². The predicted molar refractivity (Wildman–Crippen MR) is 62.4 cm³/mol. The molecule has 0 radical (unpaired) electrons. The number of hydrogen-bond donors (Lipinski definition) is 1. The average molecular weight is 209 g/mol. The molecule has 0 heterocycles. The van der Waals surface area contributed by atoms with Crippen LogP contribution in [0.15, 0.2) is 18.2 Å². The first-order valence-electron chi connectivity index (χ1n) is 5.43. The van der Waals surface area contributed by atoms with E-state index in [0.717, 1.165) is 12.8 Å². The summed E-state index contributed by atoms with van der Waals surface area (Å²) in [6.45, 7) is 5.49. The highest BCUT2D eigenvalue weighted by Crippen LogP contribution is 2.31. The maximum atomic E-state index is 5.91. The normalized spacial score (nSPS) is 10.0. The van der Waals surface area contributed by atoms with Gasteiger partial charge in [-0.3, -0.25) is 0 Å². The number of ether oxygens (including phenoxy) is 2. The topological polar surface area (TPSA) is 44.5 Å². The van der Waals surface area contributed by atoms with E-state index in [2.05, 4.69) is 13.8 Å². The van der Waals surface area contributed by atoms with Crippen LogP contribution in [0.2, 0.25) is 0 Å². The molecule has 84 valence electrons. The van der Waals surface area contributed by atoms with E-state index in [1.165, 1.54) is 0 Å². The van der Waals surface area contributed by atoms with Crippen molar-refractivity contribution >= 4 is 5.69 Å². The van der Waals surface area contributed by atoms with Crippen LogP contribution in [0.3, 0.4) is 0 Å². The Balaban J connectivity index is 2.71. The number of hydrogen-bond acceptors (Lipinski definition) is 3. The first kappa shape index (κ1) is 11.7. The third-order valence-corrected chi connectivity index (χ3v) is 1.95. The van der Waals surface area contributed by atoms with E-state index >= 15 is 0 Å². The van der Waals surface area contributed by atoms with Crippen molar-refractivity contribution in [1.82, 2.24) is 0 Å². The Morgan fingerprint density at radius 1 is 1.00 bits per heavy atom. The Labute approximate surface area is 91.2 Å². The van der Waals surface area contributed by atoms with Crippen LogP contribution in [0.25, 0.3) is 0 Å². The summed E-state index contributed by atoms with van der Waals surface area (Å²) in [6, 6.07) is 5.62. The lowest BCUT2D eigenvalue weighted by Crippen LogP contribution is -2.03. The quantitative estimate of drug-likeness (QED) is 0.733. The summed E-state index contributed by atoms with van der Waals surface area (Å²) in [7, 11) is 0. The summed E-state index contributed by atoms with van der Waals surface area (Å²) in [6.07, 6.45) is 1.94. The van der Waals surface area contributed by atoms with Gasteiger partial charge in [0.05, 0.1) is 13.2 Å². The molecule has 3 heteroatoms. The standard InChI is InChI=1S/C12H19NO2/c1-3-8-14-10-6-5-7-11(12(10)13)15-9-4-2/h5-7H,3-4,8-9,13H2,1-2H3. The van der Waals surface area contributed by atoms with Gasteiger partial charge in [0.15, 0.2) is 0 Å². The molecular weight excluding hydrogens is 190 g/mol. The summed E-state index contributed by atoms with van der Waals surface area (Å²) in [5.74, 6) is 1.43. The van der Waals surface area contributed by atoms with Gasteiger partial charge in [-0.15, -0.1) is 0 Å². The van der Waals surface area contributed by atoms with Crippen molar-refractivity contribution < 1.29 is 9.47 Å². The molecule has 0 aromatic heterocycles. The molecule has 0 saturated carbocycles. The minimum atomic E-state index is 0.597. The van der Waals surface area contributed by atoms with Gasteiger partial charge in [-0.25, -0.2) is 0 Å². The maximum Gasteiger partial charge on any atom is 0.146 e. The second-order valence-corrected chi connectivity index (χ2v) is 3.36. The molecule has 1 aromatic carbocycles. The van der Waals surface area contributed by atoms with Gasteiger partial charge >= 0.3 is 0 Å². The molecule has 0 atom stereocenters. The van der Waals surface area contributed by atoms with Gasteiger partial charge in [-0.05, 0) is 25.0 Å². The van der Waals surface area contributed by atoms with Crippen LogP contribution in [0.1, 0.15) is 26.7 Å². The molecule has 0 aliphatic heterocycles. The molecule has 3 nitrogen and oxygen atoms in total. The highest BCUT2D eigenvalue weighted by molar-refractivity contribution is 5.62. The summed E-state index contributed by atoms with van der Waals surface area (Å²) in [5.41, 5.74) is 6.51. The Morgan fingerprint density at radius 2 is 1.47 bits per heavy atom. The molecule has 1 rings (SSSR count). The van der Waals surface area contributed by atoms with Gasteiger partial charge in [0.25, 0.3) is 0 Å². The molecule has 0 spiro atoms. The second kappa shape index (κ2) is 6.17.